The van der Waals surface area contributed by atoms with Gasteiger partial charge in [-0.2, -0.15) is 5.10 Å². The van der Waals surface area contributed by atoms with E-state index in [1.54, 1.807) is 36.0 Å². The number of benzene rings is 1. The minimum atomic E-state index is 0.184. The van der Waals surface area contributed by atoms with E-state index in [1.165, 1.54) is 23.3 Å². The smallest absolute Gasteiger partial charge is 0.158 e. The van der Waals surface area contributed by atoms with E-state index in [0.717, 1.165) is 33.3 Å². The van der Waals surface area contributed by atoms with E-state index < -0.39 is 0 Å². The van der Waals surface area contributed by atoms with Gasteiger partial charge in [-0.3, -0.25) is 5.43 Å². The topological polar surface area (TPSA) is 70.4 Å². The summed E-state index contributed by atoms with van der Waals surface area (Å²) in [4.78, 5) is 11.4. The van der Waals surface area contributed by atoms with Gasteiger partial charge in [0.2, 0.25) is 0 Å². The number of hydrazone groups is 1. The molecule has 0 saturated heterocycles. The van der Waals surface area contributed by atoms with Gasteiger partial charge in [0, 0.05) is 14.9 Å². The number of aryl methyl sites for hydroxylation is 1. The molecule has 1 aliphatic rings. The van der Waals surface area contributed by atoms with Crippen molar-refractivity contribution in [3.05, 3.63) is 45.0 Å². The second-order valence-electron chi connectivity index (χ2n) is 8.26. The molecule has 0 fully saturated rings. The molecule has 2 aromatic heterocycles. The fraction of sp³-hybridized carbons (Fsp3) is 0.409. The van der Waals surface area contributed by atoms with Crippen molar-refractivity contribution in [2.45, 2.75) is 46.5 Å². The van der Waals surface area contributed by atoms with Gasteiger partial charge in [0.1, 0.15) is 16.9 Å². The Morgan fingerprint density at radius 3 is 3.00 bits per heavy atom. The zero-order valence-electron chi connectivity index (χ0n) is 16.9. The number of aromatic nitrogens is 2. The van der Waals surface area contributed by atoms with Crippen LogP contribution in [0.15, 0.2) is 34.1 Å². The summed E-state index contributed by atoms with van der Waals surface area (Å²) < 4.78 is 0.887. The number of hydrogen-bond donors (Lipinski definition) is 2. The van der Waals surface area contributed by atoms with Crippen molar-refractivity contribution in [1.82, 2.24) is 9.97 Å². The predicted octanol–water partition coefficient (Wildman–Crippen LogP) is 6.15. The van der Waals surface area contributed by atoms with Crippen molar-refractivity contribution in [2.75, 3.05) is 5.43 Å². The number of aromatic hydroxyl groups is 1. The third-order valence-electron chi connectivity index (χ3n) is 6.22. The van der Waals surface area contributed by atoms with Crippen LogP contribution in [0.1, 0.15) is 49.6 Å². The van der Waals surface area contributed by atoms with Crippen LogP contribution in [0, 0.1) is 11.3 Å². The van der Waals surface area contributed by atoms with Crippen molar-refractivity contribution in [3.8, 4) is 5.75 Å². The number of nitrogens with zero attached hydrogens (tertiary/aromatic N) is 3. The lowest BCUT2D eigenvalue weighted by molar-refractivity contribution is 0.184. The van der Waals surface area contributed by atoms with Crippen molar-refractivity contribution in [3.63, 3.8) is 0 Å². The number of rotatable bonds is 5. The fourth-order valence-electron chi connectivity index (χ4n) is 3.94. The molecule has 1 atom stereocenters. The van der Waals surface area contributed by atoms with Gasteiger partial charge in [-0.15, -0.1) is 11.3 Å². The molecular weight excluding hydrogens is 448 g/mol. The van der Waals surface area contributed by atoms with Crippen LogP contribution in [0.2, 0.25) is 0 Å². The third kappa shape index (κ3) is 4.03. The normalized spacial score (nSPS) is 17.0. The molecule has 152 valence electrons. The van der Waals surface area contributed by atoms with E-state index in [-0.39, 0.29) is 5.75 Å². The lowest BCUT2D eigenvalue weighted by atomic mass is 9.69. The minimum Gasteiger partial charge on any atom is -0.507 e. The van der Waals surface area contributed by atoms with Gasteiger partial charge in [0.25, 0.3) is 0 Å². The fourth-order valence-corrected chi connectivity index (χ4v) is 5.50. The number of thiophene rings is 1. The largest absolute Gasteiger partial charge is 0.507 e. The molecule has 0 radical (unpaired) electrons. The van der Waals surface area contributed by atoms with Crippen molar-refractivity contribution < 1.29 is 5.11 Å². The first kappa shape index (κ1) is 20.3. The number of anilines is 1. The van der Waals surface area contributed by atoms with Crippen LogP contribution in [0.3, 0.4) is 0 Å². The van der Waals surface area contributed by atoms with Crippen LogP contribution in [0.5, 0.6) is 5.75 Å². The highest BCUT2D eigenvalue weighted by Gasteiger charge is 2.33. The maximum atomic E-state index is 9.99. The molecule has 0 unspecified atom stereocenters. The Morgan fingerprint density at radius 2 is 2.21 bits per heavy atom. The molecule has 0 amide bonds. The number of phenolic OH excluding ortho intramolecular Hbond substituents is 1. The monoisotopic (exact) mass is 472 g/mol. The first-order valence-corrected chi connectivity index (χ1v) is 11.5. The summed E-state index contributed by atoms with van der Waals surface area (Å²) in [6.45, 7) is 7.03. The summed E-state index contributed by atoms with van der Waals surface area (Å²) in [6, 6.07) is 5.25. The summed E-state index contributed by atoms with van der Waals surface area (Å²) >= 11 is 5.20. The highest BCUT2D eigenvalue weighted by Crippen LogP contribution is 2.45. The molecule has 5 nitrogen and oxygen atoms in total. The molecule has 0 bridgehead atoms. The standard InChI is InChI=1S/C22H25BrN4OS/c1-4-22(2,3)14-5-8-18-16(10-14)19-20(24-12-25-21(19)29-18)27-26-11-13-9-15(23)6-7-17(13)28/h6-7,9,11-12,14,28H,4-5,8,10H2,1-3H3,(H,24,25,27)/b26-11-/t14-/m0/s1. The maximum Gasteiger partial charge on any atom is 0.158 e. The molecule has 1 aliphatic carbocycles. The highest BCUT2D eigenvalue weighted by molar-refractivity contribution is 9.10. The second kappa shape index (κ2) is 8.03. The van der Waals surface area contributed by atoms with E-state index in [2.05, 4.69) is 57.2 Å². The number of phenols is 1. The maximum absolute atomic E-state index is 9.99. The summed E-state index contributed by atoms with van der Waals surface area (Å²) in [5, 5.41) is 15.4. The first-order valence-electron chi connectivity index (χ1n) is 9.92. The van der Waals surface area contributed by atoms with Gasteiger partial charge in [0.15, 0.2) is 5.82 Å². The summed E-state index contributed by atoms with van der Waals surface area (Å²) in [5.74, 6) is 1.57. The van der Waals surface area contributed by atoms with Crippen LogP contribution in [-0.2, 0) is 12.8 Å². The molecule has 29 heavy (non-hydrogen) atoms. The van der Waals surface area contributed by atoms with Crippen LogP contribution in [0.25, 0.3) is 10.2 Å². The molecule has 0 spiro atoms. The average Bonchev–Trinajstić information content (AvgIpc) is 3.09. The molecule has 2 N–H and O–H groups in total. The minimum absolute atomic E-state index is 0.184. The number of hydrogen-bond acceptors (Lipinski definition) is 6. The van der Waals surface area contributed by atoms with Gasteiger partial charge >= 0.3 is 0 Å². The van der Waals surface area contributed by atoms with E-state index in [4.69, 9.17) is 0 Å². The molecular formula is C22H25BrN4OS. The molecule has 7 heteroatoms. The number of fused-ring (bicyclic) bond motifs is 3. The molecule has 2 heterocycles. The van der Waals surface area contributed by atoms with Gasteiger partial charge < -0.3 is 5.11 Å². The number of halogens is 1. The first-order chi connectivity index (χ1) is 13.9. The van der Waals surface area contributed by atoms with Crippen molar-refractivity contribution in [1.29, 1.82) is 0 Å². The van der Waals surface area contributed by atoms with Gasteiger partial charge in [0.05, 0.1) is 11.6 Å². The molecule has 1 aromatic carbocycles. The Hall–Kier alpha value is -1.99. The van der Waals surface area contributed by atoms with Crippen LogP contribution in [0.4, 0.5) is 5.82 Å². The van der Waals surface area contributed by atoms with E-state index >= 15 is 0 Å². The molecule has 0 aliphatic heterocycles. The molecule has 4 rings (SSSR count). The molecule has 0 saturated carbocycles. The van der Waals surface area contributed by atoms with Crippen LogP contribution in [-0.4, -0.2) is 21.3 Å². The zero-order valence-corrected chi connectivity index (χ0v) is 19.3. The Labute approximate surface area is 183 Å². The second-order valence-corrected chi connectivity index (χ2v) is 10.3. The average molecular weight is 473 g/mol. The summed E-state index contributed by atoms with van der Waals surface area (Å²) in [5.41, 5.74) is 5.42. The Morgan fingerprint density at radius 1 is 1.38 bits per heavy atom. The zero-order chi connectivity index (χ0) is 20.6. The van der Waals surface area contributed by atoms with Crippen LogP contribution >= 0.6 is 27.3 Å². The van der Waals surface area contributed by atoms with Gasteiger partial charge in [-0.05, 0) is 54.4 Å². The Bertz CT molecular complexity index is 1080. The Balaban J connectivity index is 1.65. The van der Waals surface area contributed by atoms with E-state index in [9.17, 15) is 5.11 Å². The van der Waals surface area contributed by atoms with Crippen molar-refractivity contribution in [2.24, 2.45) is 16.4 Å². The lowest BCUT2D eigenvalue weighted by Crippen LogP contribution is -2.28. The van der Waals surface area contributed by atoms with Gasteiger partial charge in [-0.1, -0.05) is 43.1 Å². The highest BCUT2D eigenvalue weighted by atomic mass is 79.9. The van der Waals surface area contributed by atoms with Crippen LogP contribution < -0.4 is 5.43 Å². The SMILES string of the molecule is CCC(C)(C)[C@H]1CCc2sc3ncnc(N/N=C\c4cc(Br)ccc4O)c3c2C1. The van der Waals surface area contributed by atoms with Crippen molar-refractivity contribution >= 4 is 49.5 Å². The van der Waals surface area contributed by atoms with E-state index in [0.29, 0.717) is 16.9 Å². The Kier molecular flexibility index (Phi) is 5.62. The summed E-state index contributed by atoms with van der Waals surface area (Å²) in [7, 11) is 0. The third-order valence-corrected chi connectivity index (χ3v) is 7.91. The van der Waals surface area contributed by atoms with Gasteiger partial charge in [-0.25, -0.2) is 9.97 Å². The molecule has 3 aromatic rings. The van der Waals surface area contributed by atoms with E-state index in [1.807, 2.05) is 6.07 Å². The number of nitrogens with one attached hydrogen (secondary N) is 1. The summed E-state index contributed by atoms with van der Waals surface area (Å²) in [6.07, 6.45) is 7.78. The quantitative estimate of drug-likeness (QED) is 0.345. The lowest BCUT2D eigenvalue weighted by Gasteiger charge is -2.36. The predicted molar refractivity (Wildman–Crippen MR) is 124 cm³/mol.